The van der Waals surface area contributed by atoms with Crippen LogP contribution in [-0.2, 0) is 10.7 Å². The number of hydrogen-bond donors (Lipinski definition) is 1. The maximum atomic E-state index is 13.9. The molecule has 0 radical (unpaired) electrons. The van der Waals surface area contributed by atoms with Gasteiger partial charge in [-0.15, -0.1) is 0 Å². The van der Waals surface area contributed by atoms with Crippen molar-refractivity contribution in [3.05, 3.63) is 90.0 Å². The minimum absolute atomic E-state index is 0.267. The lowest BCUT2D eigenvalue weighted by Gasteiger charge is -2.20. The number of aryl methyl sites for hydroxylation is 1. The average molecular weight is 322 g/mol. The van der Waals surface area contributed by atoms with E-state index in [-0.39, 0.29) is 5.75 Å². The lowest BCUT2D eigenvalue weighted by atomic mass is 10.1. The molecule has 0 saturated heterocycles. The molecular formula is C20H19O2P. The maximum Gasteiger partial charge on any atom is 0.147 e. The van der Waals surface area contributed by atoms with Crippen LogP contribution in [0.4, 0.5) is 0 Å². The monoisotopic (exact) mass is 322 g/mol. The third-order valence-electron chi connectivity index (χ3n) is 4.01. The van der Waals surface area contributed by atoms with Crippen LogP contribution in [0.2, 0.25) is 0 Å². The highest BCUT2D eigenvalue weighted by atomic mass is 31.2. The first-order valence-corrected chi connectivity index (χ1v) is 9.47. The van der Waals surface area contributed by atoms with Crippen molar-refractivity contribution in [1.29, 1.82) is 0 Å². The molecule has 116 valence electrons. The van der Waals surface area contributed by atoms with Crippen molar-refractivity contribution in [2.45, 2.75) is 13.1 Å². The first-order chi connectivity index (χ1) is 11.1. The molecule has 0 aliphatic carbocycles. The van der Waals surface area contributed by atoms with Crippen LogP contribution in [0.1, 0.15) is 11.1 Å². The molecule has 0 bridgehead atoms. The Morgan fingerprint density at radius 2 is 1.35 bits per heavy atom. The summed E-state index contributed by atoms with van der Waals surface area (Å²) in [6.45, 7) is 1.86. The molecule has 0 unspecified atom stereocenters. The van der Waals surface area contributed by atoms with Crippen LogP contribution >= 0.6 is 7.14 Å². The Kier molecular flexibility index (Phi) is 4.36. The molecule has 1 N–H and O–H groups in total. The van der Waals surface area contributed by atoms with E-state index in [0.29, 0.717) is 6.16 Å². The fraction of sp³-hybridized carbons (Fsp3) is 0.100. The van der Waals surface area contributed by atoms with Crippen molar-refractivity contribution < 1.29 is 9.67 Å². The van der Waals surface area contributed by atoms with Gasteiger partial charge in [-0.3, -0.25) is 0 Å². The molecular weight excluding hydrogens is 303 g/mol. The van der Waals surface area contributed by atoms with Gasteiger partial charge in [0.15, 0.2) is 0 Å². The number of phenols is 1. The molecule has 0 heterocycles. The van der Waals surface area contributed by atoms with Gasteiger partial charge in [0.05, 0.1) is 0 Å². The summed E-state index contributed by atoms with van der Waals surface area (Å²) in [5.74, 6) is 0.267. The number of phenolic OH excluding ortho intramolecular Hbond substituents is 1. The average Bonchev–Trinajstić information content (AvgIpc) is 2.60. The lowest BCUT2D eigenvalue weighted by molar-refractivity contribution is 0.471. The van der Waals surface area contributed by atoms with Crippen molar-refractivity contribution in [2.24, 2.45) is 0 Å². The third kappa shape index (κ3) is 3.23. The van der Waals surface area contributed by atoms with Gasteiger partial charge in [0.25, 0.3) is 0 Å². The molecule has 0 aromatic heterocycles. The van der Waals surface area contributed by atoms with Crippen molar-refractivity contribution in [3.8, 4) is 5.75 Å². The lowest BCUT2D eigenvalue weighted by Crippen LogP contribution is -2.17. The summed E-state index contributed by atoms with van der Waals surface area (Å²) in [5.41, 5.74) is 1.77. The topological polar surface area (TPSA) is 37.3 Å². The second-order valence-electron chi connectivity index (χ2n) is 5.69. The number of rotatable bonds is 4. The van der Waals surface area contributed by atoms with E-state index in [1.807, 2.05) is 79.7 Å². The second kappa shape index (κ2) is 6.44. The van der Waals surface area contributed by atoms with Gasteiger partial charge < -0.3 is 9.67 Å². The molecule has 0 fully saturated rings. The number of benzene rings is 3. The molecule has 0 saturated carbocycles. The highest BCUT2D eigenvalue weighted by Gasteiger charge is 2.27. The van der Waals surface area contributed by atoms with Gasteiger partial charge in [0.1, 0.15) is 12.9 Å². The normalized spacial score (nSPS) is 11.3. The standard InChI is InChI=1S/C20H19O2P/c1-16-14-17(12-13-20(16)21)15-23(22,18-8-4-2-5-9-18)19-10-6-3-7-11-19/h2-14,21H,15H2,1H3. The Balaban J connectivity index is 2.09. The molecule has 3 rings (SSSR count). The zero-order valence-corrected chi connectivity index (χ0v) is 13.9. The molecule has 3 aromatic rings. The number of hydrogen-bond acceptors (Lipinski definition) is 2. The molecule has 3 aromatic carbocycles. The van der Waals surface area contributed by atoms with Gasteiger partial charge in [-0.1, -0.05) is 72.8 Å². The predicted molar refractivity (Wildman–Crippen MR) is 96.3 cm³/mol. The van der Waals surface area contributed by atoms with Crippen molar-refractivity contribution in [1.82, 2.24) is 0 Å². The summed E-state index contributed by atoms with van der Waals surface area (Å²) in [5, 5.41) is 11.4. The molecule has 3 heteroatoms. The van der Waals surface area contributed by atoms with E-state index in [1.54, 1.807) is 6.07 Å². The van der Waals surface area contributed by atoms with Crippen LogP contribution in [0.15, 0.2) is 78.9 Å². The van der Waals surface area contributed by atoms with E-state index in [1.165, 1.54) is 0 Å². The highest BCUT2D eigenvalue weighted by molar-refractivity contribution is 7.78. The van der Waals surface area contributed by atoms with Gasteiger partial charge in [0.2, 0.25) is 0 Å². The third-order valence-corrected chi connectivity index (χ3v) is 7.09. The van der Waals surface area contributed by atoms with E-state index in [4.69, 9.17) is 0 Å². The Bertz CT molecular complexity index is 799. The quantitative estimate of drug-likeness (QED) is 0.731. The fourth-order valence-corrected chi connectivity index (χ4v) is 5.42. The second-order valence-corrected chi connectivity index (χ2v) is 8.52. The zero-order chi connectivity index (χ0) is 16.3. The fourth-order valence-electron chi connectivity index (χ4n) is 2.74. The van der Waals surface area contributed by atoms with E-state index >= 15 is 0 Å². The predicted octanol–water partition coefficient (Wildman–Crippen LogP) is 4.21. The minimum Gasteiger partial charge on any atom is -0.508 e. The van der Waals surface area contributed by atoms with Crippen LogP contribution in [-0.4, -0.2) is 5.11 Å². The van der Waals surface area contributed by atoms with Crippen LogP contribution in [0.5, 0.6) is 5.75 Å². The summed E-state index contributed by atoms with van der Waals surface area (Å²) in [6.07, 6.45) is 0.447. The summed E-state index contributed by atoms with van der Waals surface area (Å²) in [7, 11) is -2.76. The summed E-state index contributed by atoms with van der Waals surface area (Å²) < 4.78 is 13.9. The zero-order valence-electron chi connectivity index (χ0n) is 13.0. The largest absolute Gasteiger partial charge is 0.508 e. The van der Waals surface area contributed by atoms with Crippen molar-refractivity contribution >= 4 is 17.8 Å². The van der Waals surface area contributed by atoms with Crippen LogP contribution in [0, 0.1) is 6.92 Å². The highest BCUT2D eigenvalue weighted by Crippen LogP contribution is 2.47. The van der Waals surface area contributed by atoms with Gasteiger partial charge in [-0.2, -0.15) is 0 Å². The Morgan fingerprint density at radius 1 is 0.826 bits per heavy atom. The van der Waals surface area contributed by atoms with Crippen molar-refractivity contribution in [2.75, 3.05) is 0 Å². The molecule has 0 spiro atoms. The van der Waals surface area contributed by atoms with Gasteiger partial charge in [0, 0.05) is 16.8 Å². The van der Waals surface area contributed by atoms with Gasteiger partial charge in [-0.05, 0) is 24.1 Å². The van der Waals surface area contributed by atoms with Crippen LogP contribution in [0.3, 0.4) is 0 Å². The van der Waals surface area contributed by atoms with Crippen molar-refractivity contribution in [3.63, 3.8) is 0 Å². The van der Waals surface area contributed by atoms with E-state index in [2.05, 4.69) is 0 Å². The maximum absolute atomic E-state index is 13.9. The summed E-state index contributed by atoms with van der Waals surface area (Å²) in [4.78, 5) is 0. The molecule has 23 heavy (non-hydrogen) atoms. The Labute approximate surface area is 136 Å². The van der Waals surface area contributed by atoms with Crippen LogP contribution in [0.25, 0.3) is 0 Å². The molecule has 0 atom stereocenters. The minimum atomic E-state index is -2.76. The van der Waals surface area contributed by atoms with E-state index < -0.39 is 7.14 Å². The molecule has 0 aliphatic heterocycles. The molecule has 2 nitrogen and oxygen atoms in total. The van der Waals surface area contributed by atoms with Gasteiger partial charge >= 0.3 is 0 Å². The number of aromatic hydroxyl groups is 1. The SMILES string of the molecule is Cc1cc(CP(=O)(c2ccccc2)c2ccccc2)ccc1O. The Hall–Kier alpha value is -2.31. The smallest absolute Gasteiger partial charge is 0.147 e. The first kappa shape index (κ1) is 15.6. The molecule has 0 amide bonds. The van der Waals surface area contributed by atoms with E-state index in [9.17, 15) is 9.67 Å². The summed E-state index contributed by atoms with van der Waals surface area (Å²) >= 11 is 0. The summed E-state index contributed by atoms with van der Waals surface area (Å²) in [6, 6.07) is 24.7. The first-order valence-electron chi connectivity index (χ1n) is 7.58. The van der Waals surface area contributed by atoms with Gasteiger partial charge in [-0.25, -0.2) is 0 Å². The molecule has 0 aliphatic rings. The Morgan fingerprint density at radius 3 is 1.83 bits per heavy atom. The van der Waals surface area contributed by atoms with Crippen LogP contribution < -0.4 is 10.6 Å². The van der Waals surface area contributed by atoms with E-state index in [0.717, 1.165) is 21.7 Å².